The van der Waals surface area contributed by atoms with Crippen LogP contribution in [0.2, 0.25) is 0 Å². The van der Waals surface area contributed by atoms with Crippen molar-refractivity contribution >= 4 is 12.9 Å². The van der Waals surface area contributed by atoms with Gasteiger partial charge in [-0.25, -0.2) is 0 Å². The van der Waals surface area contributed by atoms with E-state index in [0.29, 0.717) is 11.7 Å². The highest BCUT2D eigenvalue weighted by molar-refractivity contribution is 7.61. The van der Waals surface area contributed by atoms with Crippen molar-refractivity contribution in [3.63, 3.8) is 0 Å². The molecule has 1 aromatic rings. The number of hydrogen-bond acceptors (Lipinski definition) is 2. The molecule has 1 N–H and O–H groups in total. The lowest BCUT2D eigenvalue weighted by Gasteiger charge is -2.13. The van der Waals surface area contributed by atoms with Crippen LogP contribution in [0.4, 0.5) is 0 Å². The van der Waals surface area contributed by atoms with E-state index < -0.39 is 7.60 Å². The highest BCUT2D eigenvalue weighted by Crippen LogP contribution is 2.41. The second-order valence-electron chi connectivity index (χ2n) is 3.22. The average molecular weight is 226 g/mol. The topological polar surface area (TPSA) is 46.5 Å². The average Bonchev–Trinajstić information content (AvgIpc) is 2.18. The van der Waals surface area contributed by atoms with Crippen molar-refractivity contribution in [2.75, 3.05) is 6.61 Å². The molecule has 0 saturated heterocycles. The maximum atomic E-state index is 11.8. The van der Waals surface area contributed by atoms with Crippen molar-refractivity contribution in [3.8, 4) is 0 Å². The van der Waals surface area contributed by atoms with Gasteiger partial charge in [-0.05, 0) is 25.0 Å². The third-order valence-electron chi connectivity index (χ3n) is 2.01. The SMILES string of the molecule is C=CCCOP(=O)(O)c1ccccc1C. The summed E-state index contributed by atoms with van der Waals surface area (Å²) < 4.78 is 16.8. The predicted molar refractivity (Wildman–Crippen MR) is 61.4 cm³/mol. The Kier molecular flexibility index (Phi) is 4.28. The number of rotatable bonds is 5. The van der Waals surface area contributed by atoms with Crippen molar-refractivity contribution in [2.24, 2.45) is 0 Å². The lowest BCUT2D eigenvalue weighted by atomic mass is 10.2. The van der Waals surface area contributed by atoms with Crippen molar-refractivity contribution in [1.82, 2.24) is 0 Å². The molecule has 15 heavy (non-hydrogen) atoms. The van der Waals surface area contributed by atoms with Crippen LogP contribution in [0.15, 0.2) is 36.9 Å². The van der Waals surface area contributed by atoms with E-state index in [-0.39, 0.29) is 6.61 Å². The highest BCUT2D eigenvalue weighted by atomic mass is 31.2. The van der Waals surface area contributed by atoms with Crippen LogP contribution >= 0.6 is 7.60 Å². The van der Waals surface area contributed by atoms with Crippen LogP contribution in [0.1, 0.15) is 12.0 Å². The van der Waals surface area contributed by atoms with Crippen LogP contribution in [0.3, 0.4) is 0 Å². The third-order valence-corrected chi connectivity index (χ3v) is 3.65. The zero-order valence-electron chi connectivity index (χ0n) is 8.72. The van der Waals surface area contributed by atoms with E-state index >= 15 is 0 Å². The van der Waals surface area contributed by atoms with Crippen molar-refractivity contribution in [3.05, 3.63) is 42.5 Å². The van der Waals surface area contributed by atoms with Crippen molar-refractivity contribution in [1.29, 1.82) is 0 Å². The van der Waals surface area contributed by atoms with Crippen LogP contribution in [0.25, 0.3) is 0 Å². The molecule has 1 atom stereocenters. The van der Waals surface area contributed by atoms with Crippen LogP contribution < -0.4 is 5.30 Å². The Hall–Kier alpha value is -0.890. The second-order valence-corrected chi connectivity index (χ2v) is 5.00. The minimum atomic E-state index is -3.66. The van der Waals surface area contributed by atoms with E-state index in [1.807, 2.05) is 6.07 Å². The van der Waals surface area contributed by atoms with Gasteiger partial charge in [0.25, 0.3) is 0 Å². The molecule has 1 rings (SSSR count). The molecule has 0 amide bonds. The molecular weight excluding hydrogens is 211 g/mol. The Morgan fingerprint density at radius 2 is 2.20 bits per heavy atom. The first-order valence-electron chi connectivity index (χ1n) is 4.72. The summed E-state index contributed by atoms with van der Waals surface area (Å²) in [6, 6.07) is 6.95. The van der Waals surface area contributed by atoms with Gasteiger partial charge in [-0.15, -0.1) is 6.58 Å². The summed E-state index contributed by atoms with van der Waals surface area (Å²) in [6.45, 7) is 5.52. The van der Waals surface area contributed by atoms with E-state index in [1.54, 1.807) is 31.2 Å². The smallest absolute Gasteiger partial charge is 0.321 e. The Bertz CT molecular complexity index is 387. The minimum absolute atomic E-state index is 0.214. The molecule has 0 aliphatic carbocycles. The zero-order valence-corrected chi connectivity index (χ0v) is 9.61. The molecule has 0 aliphatic heterocycles. The van der Waals surface area contributed by atoms with Gasteiger partial charge >= 0.3 is 7.60 Å². The predicted octanol–water partition coefficient (Wildman–Crippen LogP) is 2.40. The van der Waals surface area contributed by atoms with Gasteiger partial charge in [0.2, 0.25) is 0 Å². The van der Waals surface area contributed by atoms with Crippen LogP contribution in [0, 0.1) is 6.92 Å². The first-order valence-corrected chi connectivity index (χ1v) is 6.30. The van der Waals surface area contributed by atoms with Gasteiger partial charge in [-0.3, -0.25) is 4.57 Å². The summed E-state index contributed by atoms with van der Waals surface area (Å²) in [5.74, 6) is 0. The Morgan fingerprint density at radius 1 is 1.53 bits per heavy atom. The summed E-state index contributed by atoms with van der Waals surface area (Å²) in [6.07, 6.45) is 2.22. The molecule has 1 aromatic carbocycles. The van der Waals surface area contributed by atoms with E-state index in [4.69, 9.17) is 4.52 Å². The van der Waals surface area contributed by atoms with E-state index in [1.165, 1.54) is 0 Å². The van der Waals surface area contributed by atoms with Gasteiger partial charge in [-0.1, -0.05) is 24.3 Å². The van der Waals surface area contributed by atoms with Crippen molar-refractivity contribution in [2.45, 2.75) is 13.3 Å². The monoisotopic (exact) mass is 226 g/mol. The molecule has 0 fully saturated rings. The van der Waals surface area contributed by atoms with Gasteiger partial charge in [-0.2, -0.15) is 0 Å². The molecule has 0 saturated carbocycles. The van der Waals surface area contributed by atoms with E-state index in [2.05, 4.69) is 6.58 Å². The Morgan fingerprint density at radius 3 is 2.80 bits per heavy atom. The quantitative estimate of drug-likeness (QED) is 0.476. The molecule has 1 unspecified atom stereocenters. The fourth-order valence-corrected chi connectivity index (χ4v) is 2.50. The molecular formula is C11H15O3P. The summed E-state index contributed by atoms with van der Waals surface area (Å²) >= 11 is 0. The number of benzene rings is 1. The Balaban J connectivity index is 2.81. The zero-order chi connectivity index (χ0) is 11.3. The maximum Gasteiger partial charge on any atom is 0.359 e. The number of aryl methyl sites for hydroxylation is 1. The van der Waals surface area contributed by atoms with Gasteiger partial charge in [0.1, 0.15) is 0 Å². The minimum Gasteiger partial charge on any atom is -0.321 e. The summed E-state index contributed by atoms with van der Waals surface area (Å²) in [7, 11) is -3.66. The van der Waals surface area contributed by atoms with Crippen LogP contribution in [-0.2, 0) is 9.09 Å². The molecule has 0 aliphatic rings. The normalized spacial score (nSPS) is 14.5. The van der Waals surface area contributed by atoms with E-state index in [0.717, 1.165) is 5.56 Å². The molecule has 0 heterocycles. The number of hydrogen-bond donors (Lipinski definition) is 1. The van der Waals surface area contributed by atoms with E-state index in [9.17, 15) is 9.46 Å². The van der Waals surface area contributed by atoms with Gasteiger partial charge in [0.15, 0.2) is 0 Å². The largest absolute Gasteiger partial charge is 0.359 e. The molecule has 3 nitrogen and oxygen atoms in total. The van der Waals surface area contributed by atoms with Crippen LogP contribution in [-0.4, -0.2) is 11.5 Å². The summed E-state index contributed by atoms with van der Waals surface area (Å²) in [5, 5.41) is 0.370. The van der Waals surface area contributed by atoms with Crippen LogP contribution in [0.5, 0.6) is 0 Å². The molecule has 0 aromatic heterocycles. The molecule has 4 heteroatoms. The second kappa shape index (κ2) is 5.26. The van der Waals surface area contributed by atoms with Crippen molar-refractivity contribution < 1.29 is 14.0 Å². The Labute approximate surface area is 89.9 Å². The van der Waals surface area contributed by atoms with Gasteiger partial charge in [0, 0.05) is 0 Å². The van der Waals surface area contributed by atoms with Gasteiger partial charge in [0.05, 0.1) is 11.9 Å². The highest BCUT2D eigenvalue weighted by Gasteiger charge is 2.23. The van der Waals surface area contributed by atoms with Gasteiger partial charge < -0.3 is 9.42 Å². The molecule has 0 radical (unpaired) electrons. The fourth-order valence-electron chi connectivity index (χ4n) is 1.21. The molecule has 0 bridgehead atoms. The maximum absolute atomic E-state index is 11.8. The lowest BCUT2D eigenvalue weighted by molar-refractivity contribution is 0.274. The summed E-state index contributed by atoms with van der Waals surface area (Å²) in [4.78, 5) is 9.69. The summed E-state index contributed by atoms with van der Waals surface area (Å²) in [5.41, 5.74) is 0.766. The third kappa shape index (κ3) is 3.31. The first-order chi connectivity index (χ1) is 7.08. The molecule has 82 valence electrons. The lowest BCUT2D eigenvalue weighted by Crippen LogP contribution is -2.10. The standard InChI is InChI=1S/C11H15O3P/c1-3-4-9-14-15(12,13)11-8-6-5-7-10(11)2/h3,5-8H,1,4,9H2,2H3,(H,12,13). The fraction of sp³-hybridized carbons (Fsp3) is 0.273. The molecule has 0 spiro atoms. The first kappa shape index (κ1) is 12.2.